The van der Waals surface area contributed by atoms with Gasteiger partial charge in [-0.2, -0.15) is 0 Å². The number of nitrogens with one attached hydrogen (secondary N) is 1. The highest BCUT2D eigenvalue weighted by Crippen LogP contribution is 2.31. The fourth-order valence-corrected chi connectivity index (χ4v) is 3.65. The topological polar surface area (TPSA) is 86.5 Å². The van der Waals surface area contributed by atoms with Gasteiger partial charge in [-0.1, -0.05) is 12.1 Å². The summed E-state index contributed by atoms with van der Waals surface area (Å²) in [6, 6.07) is 13.3. The van der Waals surface area contributed by atoms with Crippen molar-refractivity contribution in [3.63, 3.8) is 0 Å². The summed E-state index contributed by atoms with van der Waals surface area (Å²) in [5.74, 6) is 1.59. The number of aryl methyl sites for hydroxylation is 2. The molecule has 0 bridgehead atoms. The van der Waals surface area contributed by atoms with E-state index in [0.29, 0.717) is 40.6 Å². The first-order chi connectivity index (χ1) is 16.0. The number of nitrogens with zero attached hydrogens (tertiary/aromatic N) is 2. The van der Waals surface area contributed by atoms with Crippen LogP contribution in [0.2, 0.25) is 0 Å². The minimum Gasteiger partial charge on any atom is -0.493 e. The molecule has 2 heterocycles. The molecule has 0 fully saturated rings. The Morgan fingerprint density at radius 2 is 1.79 bits per heavy atom. The van der Waals surface area contributed by atoms with Gasteiger partial charge < -0.3 is 19.2 Å². The first kappa shape index (κ1) is 22.1. The van der Waals surface area contributed by atoms with Gasteiger partial charge in [0, 0.05) is 30.1 Å². The van der Waals surface area contributed by atoms with Gasteiger partial charge in [0.05, 0.1) is 25.5 Å². The van der Waals surface area contributed by atoms with Crippen molar-refractivity contribution in [2.24, 2.45) is 0 Å². The van der Waals surface area contributed by atoms with Gasteiger partial charge in [0.1, 0.15) is 0 Å². The molecule has 168 valence electrons. The van der Waals surface area contributed by atoms with Gasteiger partial charge >= 0.3 is 0 Å². The van der Waals surface area contributed by atoms with E-state index in [4.69, 9.17) is 13.9 Å². The molecule has 0 aliphatic rings. The van der Waals surface area contributed by atoms with Crippen molar-refractivity contribution in [3.05, 3.63) is 83.6 Å². The van der Waals surface area contributed by atoms with Crippen LogP contribution in [0.1, 0.15) is 27.2 Å². The van der Waals surface area contributed by atoms with E-state index < -0.39 is 0 Å². The molecular formula is C26H25N3O4. The van der Waals surface area contributed by atoms with E-state index >= 15 is 0 Å². The van der Waals surface area contributed by atoms with Crippen molar-refractivity contribution in [1.82, 2.24) is 15.3 Å². The van der Waals surface area contributed by atoms with Crippen LogP contribution in [0, 0.1) is 13.8 Å². The van der Waals surface area contributed by atoms with Crippen LogP contribution in [0.25, 0.3) is 22.5 Å². The normalized spacial score (nSPS) is 10.7. The zero-order valence-corrected chi connectivity index (χ0v) is 19.0. The van der Waals surface area contributed by atoms with Crippen molar-refractivity contribution >= 4 is 5.91 Å². The largest absolute Gasteiger partial charge is 0.493 e. The van der Waals surface area contributed by atoms with E-state index in [9.17, 15) is 4.79 Å². The molecule has 0 aliphatic carbocycles. The summed E-state index contributed by atoms with van der Waals surface area (Å²) in [5.41, 5.74) is 5.65. The zero-order valence-electron chi connectivity index (χ0n) is 19.0. The summed E-state index contributed by atoms with van der Waals surface area (Å²) in [6.45, 7) is 4.16. The summed E-state index contributed by atoms with van der Waals surface area (Å²) in [4.78, 5) is 21.8. The van der Waals surface area contributed by atoms with E-state index in [-0.39, 0.29) is 5.91 Å². The highest BCUT2D eigenvalue weighted by molar-refractivity contribution is 6.01. The highest BCUT2D eigenvalue weighted by atomic mass is 16.5. The van der Waals surface area contributed by atoms with Gasteiger partial charge in [0.15, 0.2) is 23.7 Å². The predicted molar refractivity (Wildman–Crippen MR) is 125 cm³/mol. The summed E-state index contributed by atoms with van der Waals surface area (Å²) < 4.78 is 16.2. The third-order valence-electron chi connectivity index (χ3n) is 5.36. The molecule has 0 aliphatic heterocycles. The van der Waals surface area contributed by atoms with Crippen molar-refractivity contribution in [3.8, 4) is 33.9 Å². The summed E-state index contributed by atoms with van der Waals surface area (Å²) in [6.07, 6.45) is 4.97. The van der Waals surface area contributed by atoms with Crippen LogP contribution in [0.4, 0.5) is 0 Å². The fourth-order valence-electron chi connectivity index (χ4n) is 3.65. The number of hydrogen-bond donors (Lipinski definition) is 1. The van der Waals surface area contributed by atoms with E-state index in [0.717, 1.165) is 22.3 Å². The summed E-state index contributed by atoms with van der Waals surface area (Å²) in [7, 11) is 3.17. The summed E-state index contributed by atoms with van der Waals surface area (Å²) in [5, 5.41) is 3.00. The van der Waals surface area contributed by atoms with Crippen LogP contribution in [-0.2, 0) is 6.54 Å². The molecule has 2 aromatic carbocycles. The first-order valence-corrected chi connectivity index (χ1v) is 10.5. The lowest BCUT2D eigenvalue weighted by atomic mass is 9.97. The molecule has 7 heteroatoms. The Bertz CT molecular complexity index is 1300. The van der Waals surface area contributed by atoms with Crippen molar-refractivity contribution in [2.45, 2.75) is 20.4 Å². The van der Waals surface area contributed by atoms with E-state index in [2.05, 4.69) is 15.3 Å². The number of ether oxygens (including phenoxy) is 2. The third-order valence-corrected chi connectivity index (χ3v) is 5.36. The number of oxazole rings is 1. The second-order valence-corrected chi connectivity index (χ2v) is 7.65. The lowest BCUT2D eigenvalue weighted by Crippen LogP contribution is -2.23. The highest BCUT2D eigenvalue weighted by Gasteiger charge is 2.19. The van der Waals surface area contributed by atoms with Crippen LogP contribution < -0.4 is 14.8 Å². The Balaban J connectivity index is 1.67. The predicted octanol–water partition coefficient (Wildman–Crippen LogP) is 4.97. The molecular weight excluding hydrogens is 418 g/mol. The molecule has 0 saturated carbocycles. The van der Waals surface area contributed by atoms with Crippen LogP contribution in [0.5, 0.6) is 11.5 Å². The van der Waals surface area contributed by atoms with E-state index in [1.807, 2.05) is 56.3 Å². The molecule has 0 unspecified atom stereocenters. The molecule has 4 rings (SSSR count). The van der Waals surface area contributed by atoms with Crippen molar-refractivity contribution in [2.75, 3.05) is 14.2 Å². The average Bonchev–Trinajstić information content (AvgIpc) is 3.27. The number of benzene rings is 2. The van der Waals surface area contributed by atoms with Crippen LogP contribution >= 0.6 is 0 Å². The molecule has 4 aromatic rings. The number of carbonyl (C=O) groups excluding carboxylic acids is 1. The van der Waals surface area contributed by atoms with Gasteiger partial charge in [-0.05, 0) is 60.9 Å². The van der Waals surface area contributed by atoms with Gasteiger partial charge in [-0.25, -0.2) is 4.98 Å². The molecule has 1 N–H and O–H groups in total. The molecule has 0 saturated heterocycles. The SMILES string of the molecule is COc1ccc(CNC(=O)c2cc(-c3cncc(C)c3)ccc2-c2ocnc2C)cc1OC. The Hall–Kier alpha value is -4.13. The minimum absolute atomic E-state index is 0.224. The number of aromatic nitrogens is 2. The Kier molecular flexibility index (Phi) is 6.40. The number of hydrogen-bond acceptors (Lipinski definition) is 6. The summed E-state index contributed by atoms with van der Waals surface area (Å²) >= 11 is 0. The maximum atomic E-state index is 13.3. The Labute approximate surface area is 192 Å². The molecule has 1 amide bonds. The molecule has 0 radical (unpaired) electrons. The maximum Gasteiger partial charge on any atom is 0.252 e. The van der Waals surface area contributed by atoms with Crippen LogP contribution in [-0.4, -0.2) is 30.1 Å². The van der Waals surface area contributed by atoms with Gasteiger partial charge in [-0.3, -0.25) is 9.78 Å². The second kappa shape index (κ2) is 9.56. The van der Waals surface area contributed by atoms with Crippen LogP contribution in [0.15, 0.2) is 65.7 Å². The Morgan fingerprint density at radius 1 is 0.970 bits per heavy atom. The number of methoxy groups -OCH3 is 2. The van der Waals surface area contributed by atoms with Gasteiger partial charge in [0.25, 0.3) is 5.91 Å². The third kappa shape index (κ3) is 4.72. The number of amides is 1. The van der Waals surface area contributed by atoms with Crippen molar-refractivity contribution < 1.29 is 18.7 Å². The average molecular weight is 444 g/mol. The number of pyridine rings is 1. The zero-order chi connectivity index (χ0) is 23.4. The second-order valence-electron chi connectivity index (χ2n) is 7.65. The monoisotopic (exact) mass is 443 g/mol. The van der Waals surface area contributed by atoms with Gasteiger partial charge in [-0.15, -0.1) is 0 Å². The first-order valence-electron chi connectivity index (χ1n) is 10.5. The quantitative estimate of drug-likeness (QED) is 0.434. The van der Waals surface area contributed by atoms with Crippen molar-refractivity contribution in [1.29, 1.82) is 0 Å². The molecule has 33 heavy (non-hydrogen) atoms. The molecule has 7 nitrogen and oxygen atoms in total. The molecule has 2 aromatic heterocycles. The lowest BCUT2D eigenvalue weighted by molar-refractivity contribution is 0.0951. The Morgan fingerprint density at radius 3 is 2.48 bits per heavy atom. The van der Waals surface area contributed by atoms with Crippen LogP contribution in [0.3, 0.4) is 0 Å². The lowest BCUT2D eigenvalue weighted by Gasteiger charge is -2.13. The maximum absolute atomic E-state index is 13.3. The minimum atomic E-state index is -0.224. The fraction of sp³-hybridized carbons (Fsp3) is 0.192. The molecule has 0 spiro atoms. The van der Waals surface area contributed by atoms with E-state index in [1.165, 1.54) is 6.39 Å². The van der Waals surface area contributed by atoms with E-state index in [1.54, 1.807) is 26.6 Å². The smallest absolute Gasteiger partial charge is 0.252 e. The molecule has 0 atom stereocenters. The number of carbonyl (C=O) groups is 1. The number of rotatable bonds is 7. The standard InChI is InChI=1S/C26H25N3O4/c1-16-9-20(14-27-12-16)19-6-7-21(25-17(2)29-15-33-25)22(11-19)26(30)28-13-18-5-8-23(31-3)24(10-18)32-4/h5-12,14-15H,13H2,1-4H3,(H,28,30). The van der Waals surface area contributed by atoms with Gasteiger partial charge in [0.2, 0.25) is 0 Å².